The van der Waals surface area contributed by atoms with E-state index in [-0.39, 0.29) is 22.3 Å². The second kappa shape index (κ2) is 8.08. The lowest BCUT2D eigenvalue weighted by molar-refractivity contribution is -0.113. The van der Waals surface area contributed by atoms with Crippen LogP contribution < -0.4 is 10.1 Å². The fourth-order valence-electron chi connectivity index (χ4n) is 1.82. The normalized spacial score (nSPS) is 11.0. The van der Waals surface area contributed by atoms with Gasteiger partial charge in [0.25, 0.3) is 0 Å². The highest BCUT2D eigenvalue weighted by Crippen LogP contribution is 2.19. The molecule has 0 fully saturated rings. The summed E-state index contributed by atoms with van der Waals surface area (Å²) in [6.45, 7) is 1.87. The molecule has 0 aliphatic rings. The van der Waals surface area contributed by atoms with Crippen LogP contribution in [0.25, 0.3) is 0 Å². The van der Waals surface area contributed by atoms with E-state index in [1.807, 2.05) is 0 Å². The van der Waals surface area contributed by atoms with Crippen molar-refractivity contribution in [1.82, 2.24) is 4.98 Å². The minimum atomic E-state index is -3.81. The molecule has 0 bridgehead atoms. The Morgan fingerprint density at radius 1 is 1.24 bits per heavy atom. The molecule has 0 radical (unpaired) electrons. The van der Waals surface area contributed by atoms with E-state index in [9.17, 15) is 18.0 Å². The number of sulfone groups is 1. The highest BCUT2D eigenvalue weighted by molar-refractivity contribution is 7.92. The summed E-state index contributed by atoms with van der Waals surface area (Å²) < 4.78 is 34.2. The summed E-state index contributed by atoms with van der Waals surface area (Å²) in [7, 11) is -2.34. The third kappa shape index (κ3) is 5.00. The summed E-state index contributed by atoms with van der Waals surface area (Å²) in [6, 6.07) is 5.72. The molecular formula is C15H16N2O6S2. The van der Waals surface area contributed by atoms with Gasteiger partial charge in [-0.1, -0.05) is 0 Å². The van der Waals surface area contributed by atoms with Gasteiger partial charge in [-0.05, 0) is 31.2 Å². The summed E-state index contributed by atoms with van der Waals surface area (Å²) in [6.07, 6.45) is 0. The first-order chi connectivity index (χ1) is 11.9. The Hall–Kier alpha value is -2.46. The maximum atomic E-state index is 12.2. The predicted octanol–water partition coefficient (Wildman–Crippen LogP) is 1.74. The van der Waals surface area contributed by atoms with Gasteiger partial charge in [-0.15, -0.1) is 11.3 Å². The molecule has 1 amide bonds. The number of anilines is 1. The molecule has 0 atom stereocenters. The molecule has 8 nitrogen and oxygen atoms in total. The van der Waals surface area contributed by atoms with E-state index >= 15 is 0 Å². The number of carbonyl (C=O) groups is 2. The number of amides is 1. The van der Waals surface area contributed by atoms with Crippen LogP contribution >= 0.6 is 11.3 Å². The molecule has 0 saturated heterocycles. The minimum Gasteiger partial charge on any atom is -0.497 e. The van der Waals surface area contributed by atoms with Gasteiger partial charge in [-0.2, -0.15) is 0 Å². The van der Waals surface area contributed by atoms with E-state index in [1.165, 1.54) is 36.8 Å². The molecule has 0 spiro atoms. The van der Waals surface area contributed by atoms with E-state index in [4.69, 9.17) is 9.47 Å². The molecule has 1 heterocycles. The topological polar surface area (TPSA) is 112 Å². The SMILES string of the molecule is CCOC(=O)c1csc(NC(=O)CS(=O)(=O)c2ccc(OC)cc2)n1. The molecule has 0 aliphatic heterocycles. The average Bonchev–Trinajstić information content (AvgIpc) is 3.03. The van der Waals surface area contributed by atoms with Crippen molar-refractivity contribution in [3.63, 3.8) is 0 Å². The van der Waals surface area contributed by atoms with Crippen LogP contribution in [0.15, 0.2) is 34.5 Å². The van der Waals surface area contributed by atoms with Gasteiger partial charge < -0.3 is 14.8 Å². The maximum Gasteiger partial charge on any atom is 0.357 e. The highest BCUT2D eigenvalue weighted by atomic mass is 32.2. The Morgan fingerprint density at radius 2 is 1.92 bits per heavy atom. The van der Waals surface area contributed by atoms with E-state index in [0.29, 0.717) is 5.75 Å². The largest absolute Gasteiger partial charge is 0.497 e. The first-order valence-corrected chi connectivity index (χ1v) is 9.68. The smallest absolute Gasteiger partial charge is 0.357 e. The lowest BCUT2D eigenvalue weighted by Crippen LogP contribution is -2.23. The summed E-state index contributed by atoms with van der Waals surface area (Å²) in [5.74, 6) is -1.59. The number of nitrogens with one attached hydrogen (secondary N) is 1. The first kappa shape index (κ1) is 18.9. The van der Waals surface area contributed by atoms with E-state index in [2.05, 4.69) is 10.3 Å². The van der Waals surface area contributed by atoms with Crippen LogP contribution in [0.1, 0.15) is 17.4 Å². The van der Waals surface area contributed by atoms with Crippen molar-refractivity contribution in [2.45, 2.75) is 11.8 Å². The summed E-state index contributed by atoms with van der Waals surface area (Å²) in [5.41, 5.74) is 0.0557. The molecular weight excluding hydrogens is 368 g/mol. The summed E-state index contributed by atoms with van der Waals surface area (Å²) >= 11 is 1.00. The third-order valence-electron chi connectivity index (χ3n) is 2.97. The van der Waals surface area contributed by atoms with Crippen molar-refractivity contribution in [3.8, 4) is 5.75 Å². The van der Waals surface area contributed by atoms with Crippen LogP contribution in [0.2, 0.25) is 0 Å². The highest BCUT2D eigenvalue weighted by Gasteiger charge is 2.21. The van der Waals surface area contributed by atoms with Gasteiger partial charge in [0.05, 0.1) is 18.6 Å². The summed E-state index contributed by atoms with van der Waals surface area (Å²) in [5, 5.41) is 3.91. The molecule has 1 aromatic heterocycles. The van der Waals surface area contributed by atoms with Crippen LogP contribution in [-0.4, -0.2) is 44.7 Å². The van der Waals surface area contributed by atoms with Crippen molar-refractivity contribution in [2.75, 3.05) is 24.8 Å². The number of carbonyl (C=O) groups excluding carboxylic acids is 2. The van der Waals surface area contributed by atoms with Gasteiger partial charge in [0.1, 0.15) is 11.5 Å². The Labute approximate surface area is 148 Å². The van der Waals surface area contributed by atoms with Gasteiger partial charge in [-0.25, -0.2) is 18.2 Å². The second-order valence-electron chi connectivity index (χ2n) is 4.74. The monoisotopic (exact) mass is 384 g/mol. The number of aromatic nitrogens is 1. The summed E-state index contributed by atoms with van der Waals surface area (Å²) in [4.78, 5) is 27.4. The number of hydrogen-bond donors (Lipinski definition) is 1. The number of esters is 1. The zero-order valence-corrected chi connectivity index (χ0v) is 15.1. The van der Waals surface area contributed by atoms with Crippen LogP contribution in [0.4, 0.5) is 5.13 Å². The first-order valence-electron chi connectivity index (χ1n) is 7.15. The van der Waals surface area contributed by atoms with Crippen LogP contribution in [-0.2, 0) is 19.4 Å². The van der Waals surface area contributed by atoms with E-state index in [1.54, 1.807) is 6.92 Å². The van der Waals surface area contributed by atoms with Crippen LogP contribution in [0.3, 0.4) is 0 Å². The number of methoxy groups -OCH3 is 1. The minimum absolute atomic E-state index is 0.00908. The third-order valence-corrected chi connectivity index (χ3v) is 5.37. The molecule has 2 rings (SSSR count). The molecule has 1 N–H and O–H groups in total. The van der Waals surface area contributed by atoms with Crippen molar-refractivity contribution in [2.24, 2.45) is 0 Å². The van der Waals surface area contributed by atoms with Crippen LogP contribution in [0.5, 0.6) is 5.75 Å². The van der Waals surface area contributed by atoms with Gasteiger partial charge >= 0.3 is 5.97 Å². The molecule has 1 aromatic carbocycles. The fraction of sp³-hybridized carbons (Fsp3) is 0.267. The zero-order valence-electron chi connectivity index (χ0n) is 13.5. The number of nitrogens with zero attached hydrogens (tertiary/aromatic N) is 1. The maximum absolute atomic E-state index is 12.2. The number of hydrogen-bond acceptors (Lipinski definition) is 8. The quantitative estimate of drug-likeness (QED) is 0.724. The van der Waals surface area contributed by atoms with Gasteiger partial charge in [0, 0.05) is 5.38 Å². The Bertz CT molecular complexity index is 858. The molecule has 2 aromatic rings. The Kier molecular flexibility index (Phi) is 6.10. The lowest BCUT2D eigenvalue weighted by Gasteiger charge is -2.05. The van der Waals surface area contributed by atoms with Crippen molar-refractivity contribution < 1.29 is 27.5 Å². The Balaban J connectivity index is 2.02. The zero-order chi connectivity index (χ0) is 18.4. The molecule has 134 valence electrons. The van der Waals surface area contributed by atoms with Gasteiger partial charge in [0.2, 0.25) is 5.91 Å². The molecule has 10 heteroatoms. The predicted molar refractivity (Wildman–Crippen MR) is 91.7 cm³/mol. The molecule has 0 unspecified atom stereocenters. The Morgan fingerprint density at radius 3 is 2.52 bits per heavy atom. The second-order valence-corrected chi connectivity index (χ2v) is 7.59. The van der Waals surface area contributed by atoms with E-state index in [0.717, 1.165) is 11.3 Å². The van der Waals surface area contributed by atoms with E-state index < -0.39 is 27.5 Å². The number of ether oxygens (including phenoxy) is 2. The standard InChI is InChI=1S/C15H16N2O6S2/c1-3-23-14(19)12-8-24-15(16-12)17-13(18)9-25(20,21)11-6-4-10(22-2)5-7-11/h4-8H,3,9H2,1-2H3,(H,16,17,18). The van der Waals surface area contributed by atoms with Crippen LogP contribution in [0, 0.1) is 0 Å². The lowest BCUT2D eigenvalue weighted by atomic mass is 10.3. The number of rotatable bonds is 7. The average molecular weight is 384 g/mol. The van der Waals surface area contributed by atoms with Gasteiger partial charge in [-0.3, -0.25) is 4.79 Å². The van der Waals surface area contributed by atoms with Gasteiger partial charge in [0.15, 0.2) is 20.7 Å². The van der Waals surface area contributed by atoms with Crippen molar-refractivity contribution in [3.05, 3.63) is 35.3 Å². The fourth-order valence-corrected chi connectivity index (χ4v) is 3.66. The molecule has 0 aliphatic carbocycles. The van der Waals surface area contributed by atoms with Crippen molar-refractivity contribution >= 4 is 38.2 Å². The molecule has 0 saturated carbocycles. The number of benzene rings is 1. The number of thiazole rings is 1. The van der Waals surface area contributed by atoms with Crippen molar-refractivity contribution in [1.29, 1.82) is 0 Å². The molecule has 25 heavy (non-hydrogen) atoms.